The Bertz CT molecular complexity index is 336. The lowest BCUT2D eigenvalue weighted by atomic mass is 10.1. The topological polar surface area (TPSA) is 52.1 Å². The van der Waals surface area contributed by atoms with Crippen LogP contribution < -0.4 is 10.6 Å². The van der Waals surface area contributed by atoms with Gasteiger partial charge in [-0.25, -0.2) is 0 Å². The minimum absolute atomic E-state index is 0. The smallest absolute Gasteiger partial charge is 0.191 e. The first-order valence-corrected chi connectivity index (χ1v) is 10.2. The molecule has 156 valence electrons. The molecule has 0 aromatic carbocycles. The minimum atomic E-state index is 0. The molecule has 1 saturated heterocycles. The van der Waals surface area contributed by atoms with Gasteiger partial charge in [-0.1, -0.05) is 19.3 Å². The van der Waals surface area contributed by atoms with E-state index in [9.17, 15) is 0 Å². The third-order valence-electron chi connectivity index (χ3n) is 4.42. The molecular weight excluding hydrogens is 441 g/mol. The molecule has 0 aliphatic carbocycles. The normalized spacial score (nSPS) is 15.8. The molecule has 1 fully saturated rings. The maximum Gasteiger partial charge on any atom is 0.191 e. The highest BCUT2D eigenvalue weighted by Gasteiger charge is 2.08. The minimum Gasteiger partial charge on any atom is -0.379 e. The van der Waals surface area contributed by atoms with Crippen molar-refractivity contribution in [3.63, 3.8) is 0 Å². The van der Waals surface area contributed by atoms with Crippen LogP contribution in [0.1, 0.15) is 45.4 Å². The van der Waals surface area contributed by atoms with Crippen LogP contribution in [0.4, 0.5) is 0 Å². The molecule has 0 spiro atoms. The molecule has 6 nitrogen and oxygen atoms in total. The molecule has 1 heterocycles. The van der Waals surface area contributed by atoms with Gasteiger partial charge in [0.05, 0.1) is 13.2 Å². The highest BCUT2D eigenvalue weighted by molar-refractivity contribution is 14.0. The van der Waals surface area contributed by atoms with Crippen molar-refractivity contribution in [1.82, 2.24) is 20.4 Å². The molecule has 0 saturated carbocycles. The van der Waals surface area contributed by atoms with Crippen molar-refractivity contribution in [2.75, 3.05) is 73.1 Å². The van der Waals surface area contributed by atoms with Crippen LogP contribution in [0, 0.1) is 0 Å². The lowest BCUT2D eigenvalue weighted by Crippen LogP contribution is -2.38. The fourth-order valence-corrected chi connectivity index (χ4v) is 2.94. The molecule has 1 rings (SSSR count). The lowest BCUT2D eigenvalue weighted by Gasteiger charge is -2.26. The number of guanidine groups is 1. The Morgan fingerprint density at radius 2 is 1.69 bits per heavy atom. The molecule has 1 aliphatic heterocycles. The third-order valence-corrected chi connectivity index (χ3v) is 4.42. The van der Waals surface area contributed by atoms with E-state index in [2.05, 4.69) is 41.5 Å². The predicted molar refractivity (Wildman–Crippen MR) is 123 cm³/mol. The van der Waals surface area contributed by atoms with E-state index in [0.29, 0.717) is 0 Å². The Morgan fingerprint density at radius 3 is 2.38 bits per heavy atom. The summed E-state index contributed by atoms with van der Waals surface area (Å²) in [5.41, 5.74) is 0. The quantitative estimate of drug-likeness (QED) is 0.182. The maximum absolute atomic E-state index is 5.38. The van der Waals surface area contributed by atoms with Gasteiger partial charge in [-0.3, -0.25) is 9.89 Å². The zero-order valence-corrected chi connectivity index (χ0v) is 19.6. The second-order valence-corrected chi connectivity index (χ2v) is 7.07. The molecule has 0 aromatic heterocycles. The van der Waals surface area contributed by atoms with Crippen LogP contribution >= 0.6 is 24.0 Å². The van der Waals surface area contributed by atoms with Gasteiger partial charge in [0.25, 0.3) is 0 Å². The van der Waals surface area contributed by atoms with Crippen LogP contribution in [0.2, 0.25) is 0 Å². The van der Waals surface area contributed by atoms with Crippen molar-refractivity contribution in [1.29, 1.82) is 0 Å². The molecule has 2 N–H and O–H groups in total. The molecule has 0 atom stereocenters. The van der Waals surface area contributed by atoms with Gasteiger partial charge in [-0.15, -0.1) is 24.0 Å². The van der Waals surface area contributed by atoms with Gasteiger partial charge in [0.15, 0.2) is 5.96 Å². The number of morpholine rings is 1. The number of rotatable bonds is 13. The summed E-state index contributed by atoms with van der Waals surface area (Å²) in [5.74, 6) is 0.970. The van der Waals surface area contributed by atoms with Gasteiger partial charge in [0, 0.05) is 39.3 Å². The number of ether oxygens (including phenoxy) is 1. The van der Waals surface area contributed by atoms with Crippen LogP contribution in [0.15, 0.2) is 4.99 Å². The second kappa shape index (κ2) is 18.3. The van der Waals surface area contributed by atoms with E-state index in [1.54, 1.807) is 0 Å². The van der Waals surface area contributed by atoms with E-state index in [1.807, 2.05) is 0 Å². The first-order chi connectivity index (χ1) is 12.2. The van der Waals surface area contributed by atoms with Crippen molar-refractivity contribution < 1.29 is 4.74 Å². The fraction of sp³-hybridized carbons (Fsp3) is 0.947. The summed E-state index contributed by atoms with van der Waals surface area (Å²) in [6.45, 7) is 11.2. The third kappa shape index (κ3) is 15.0. The summed E-state index contributed by atoms with van der Waals surface area (Å²) < 4.78 is 5.38. The first kappa shape index (κ1) is 25.9. The maximum atomic E-state index is 5.38. The molecule has 0 amide bonds. The van der Waals surface area contributed by atoms with Gasteiger partial charge >= 0.3 is 0 Å². The van der Waals surface area contributed by atoms with Gasteiger partial charge < -0.3 is 20.3 Å². The summed E-state index contributed by atoms with van der Waals surface area (Å²) in [6.07, 6.45) is 7.63. The molecule has 0 radical (unpaired) electrons. The first-order valence-electron chi connectivity index (χ1n) is 10.2. The summed E-state index contributed by atoms with van der Waals surface area (Å²) in [6, 6.07) is 0. The Hall–Kier alpha value is -0.120. The second-order valence-electron chi connectivity index (χ2n) is 7.07. The standard InChI is InChI=1S/C19H41N5O.HI/c1-4-20-19(21-11-8-6-5-7-9-13-23(2)3)22-12-10-14-24-15-17-25-18-16-24;/h4-18H2,1-3H3,(H2,20,21,22);1H. The number of nitrogens with one attached hydrogen (secondary N) is 2. The van der Waals surface area contributed by atoms with Crippen molar-refractivity contribution in [3.05, 3.63) is 0 Å². The van der Waals surface area contributed by atoms with Crippen LogP contribution in [0.3, 0.4) is 0 Å². The Labute approximate surface area is 178 Å². The molecule has 0 unspecified atom stereocenters. The number of nitrogens with zero attached hydrogens (tertiary/aromatic N) is 3. The van der Waals surface area contributed by atoms with Crippen LogP contribution in [0.25, 0.3) is 0 Å². The summed E-state index contributed by atoms with van der Waals surface area (Å²) in [7, 11) is 4.29. The SMILES string of the molecule is CCNC(=NCCCN1CCOCC1)NCCCCCCCN(C)C.I. The van der Waals surface area contributed by atoms with Gasteiger partial charge in [-0.05, 0) is 46.8 Å². The number of hydrogen-bond acceptors (Lipinski definition) is 4. The Kier molecular flexibility index (Phi) is 18.2. The average Bonchev–Trinajstić information content (AvgIpc) is 2.61. The average molecular weight is 483 g/mol. The van der Waals surface area contributed by atoms with E-state index in [1.165, 1.54) is 38.6 Å². The van der Waals surface area contributed by atoms with E-state index in [-0.39, 0.29) is 24.0 Å². The van der Waals surface area contributed by atoms with Gasteiger partial charge in [0.2, 0.25) is 0 Å². The van der Waals surface area contributed by atoms with Crippen molar-refractivity contribution in [3.8, 4) is 0 Å². The number of hydrogen-bond donors (Lipinski definition) is 2. The van der Waals surface area contributed by atoms with E-state index >= 15 is 0 Å². The van der Waals surface area contributed by atoms with E-state index < -0.39 is 0 Å². The van der Waals surface area contributed by atoms with Crippen LogP contribution in [-0.4, -0.2) is 88.9 Å². The van der Waals surface area contributed by atoms with Gasteiger partial charge in [-0.2, -0.15) is 0 Å². The number of halogens is 1. The highest BCUT2D eigenvalue weighted by Crippen LogP contribution is 2.03. The fourth-order valence-electron chi connectivity index (χ4n) is 2.94. The number of aliphatic imine (C=N–C) groups is 1. The predicted octanol–water partition coefficient (Wildman–Crippen LogP) is 2.39. The van der Waals surface area contributed by atoms with E-state index in [4.69, 9.17) is 9.73 Å². The van der Waals surface area contributed by atoms with Crippen molar-refractivity contribution in [2.45, 2.75) is 45.4 Å². The zero-order chi connectivity index (χ0) is 18.2. The molecule has 0 bridgehead atoms. The van der Waals surface area contributed by atoms with Crippen molar-refractivity contribution >= 4 is 29.9 Å². The largest absolute Gasteiger partial charge is 0.379 e. The number of unbranched alkanes of at least 4 members (excludes halogenated alkanes) is 4. The van der Waals surface area contributed by atoms with Gasteiger partial charge in [0.1, 0.15) is 0 Å². The Balaban J connectivity index is 0.00000625. The Morgan fingerprint density at radius 1 is 1.00 bits per heavy atom. The molecule has 1 aliphatic rings. The summed E-state index contributed by atoms with van der Waals surface area (Å²) >= 11 is 0. The highest BCUT2D eigenvalue weighted by atomic mass is 127. The van der Waals surface area contributed by atoms with Crippen LogP contribution in [-0.2, 0) is 4.74 Å². The lowest BCUT2D eigenvalue weighted by molar-refractivity contribution is 0.0377. The molecular formula is C19H42IN5O. The van der Waals surface area contributed by atoms with Crippen molar-refractivity contribution in [2.24, 2.45) is 4.99 Å². The van der Waals surface area contributed by atoms with Crippen LogP contribution in [0.5, 0.6) is 0 Å². The molecule has 0 aromatic rings. The summed E-state index contributed by atoms with van der Waals surface area (Å²) in [4.78, 5) is 9.43. The monoisotopic (exact) mass is 483 g/mol. The molecule has 7 heteroatoms. The summed E-state index contributed by atoms with van der Waals surface area (Å²) in [5, 5.41) is 6.81. The van der Waals surface area contributed by atoms with E-state index in [0.717, 1.165) is 64.9 Å². The zero-order valence-electron chi connectivity index (χ0n) is 17.3. The molecule has 26 heavy (non-hydrogen) atoms.